The maximum Gasteiger partial charge on any atom is 0.254 e. The molecule has 0 radical (unpaired) electrons. The first-order valence-corrected chi connectivity index (χ1v) is 13.6. The van der Waals surface area contributed by atoms with E-state index in [1.807, 2.05) is 24.3 Å². The number of hydrogen-bond acceptors (Lipinski definition) is 6. The monoisotopic (exact) mass is 548 g/mol. The molecule has 2 heterocycles. The number of hydrogen-bond donors (Lipinski definition) is 2. The Labute approximate surface area is 214 Å². The molecule has 4 aromatic rings. The highest BCUT2D eigenvalue weighted by molar-refractivity contribution is 7.90. The van der Waals surface area contributed by atoms with Crippen LogP contribution in [0.3, 0.4) is 0 Å². The van der Waals surface area contributed by atoms with Crippen molar-refractivity contribution in [2.75, 3.05) is 13.1 Å². The van der Waals surface area contributed by atoms with E-state index in [0.717, 1.165) is 22.2 Å². The quantitative estimate of drug-likeness (QED) is 0.367. The molecule has 0 saturated carbocycles. The first kappa shape index (κ1) is 24.6. The minimum Gasteiger partial charge on any atom is -0.505 e. The van der Waals surface area contributed by atoms with Crippen LogP contribution in [0.25, 0.3) is 20.5 Å². The lowest BCUT2D eigenvalue weighted by atomic mass is 10.1. The Morgan fingerprint density at radius 2 is 1.83 bits per heavy atom. The van der Waals surface area contributed by atoms with E-state index in [9.17, 15) is 27.1 Å². The van der Waals surface area contributed by atoms with Gasteiger partial charge in [-0.1, -0.05) is 29.8 Å². The maximum atomic E-state index is 14.7. The molecule has 1 amide bonds. The van der Waals surface area contributed by atoms with Crippen LogP contribution in [-0.2, 0) is 15.6 Å². The SMILES string of the molecule is NC1CN(C(=O)c2cc(Cl)c(O)c(S(=O)(=O)Cc3cc(-c4cc5ccccc5s4)c(F)cc3F)c2)C1. The van der Waals surface area contributed by atoms with Crippen molar-refractivity contribution in [2.24, 2.45) is 5.73 Å². The molecule has 1 fully saturated rings. The van der Waals surface area contributed by atoms with E-state index in [4.69, 9.17) is 17.3 Å². The van der Waals surface area contributed by atoms with Crippen molar-refractivity contribution in [3.05, 3.63) is 82.4 Å². The van der Waals surface area contributed by atoms with E-state index in [1.165, 1.54) is 22.3 Å². The summed E-state index contributed by atoms with van der Waals surface area (Å²) in [6.45, 7) is 0.613. The van der Waals surface area contributed by atoms with Gasteiger partial charge in [0.1, 0.15) is 16.5 Å². The largest absolute Gasteiger partial charge is 0.505 e. The highest BCUT2D eigenvalue weighted by atomic mass is 35.5. The van der Waals surface area contributed by atoms with Crippen LogP contribution in [0.2, 0.25) is 5.02 Å². The molecule has 1 aliphatic rings. The van der Waals surface area contributed by atoms with Gasteiger partial charge in [0, 0.05) is 51.5 Å². The van der Waals surface area contributed by atoms with Crippen molar-refractivity contribution in [3.8, 4) is 16.2 Å². The summed E-state index contributed by atoms with van der Waals surface area (Å²) in [7, 11) is -4.40. The lowest BCUT2D eigenvalue weighted by molar-refractivity contribution is 0.0608. The van der Waals surface area contributed by atoms with Gasteiger partial charge in [0.25, 0.3) is 5.91 Å². The summed E-state index contributed by atoms with van der Waals surface area (Å²) in [4.78, 5) is 14.0. The first-order chi connectivity index (χ1) is 17.0. The average Bonchev–Trinajstić information content (AvgIpc) is 3.23. The van der Waals surface area contributed by atoms with Gasteiger partial charge in [-0.3, -0.25) is 4.79 Å². The van der Waals surface area contributed by atoms with Crippen molar-refractivity contribution >= 4 is 48.8 Å². The van der Waals surface area contributed by atoms with Crippen LogP contribution in [0.1, 0.15) is 15.9 Å². The Morgan fingerprint density at radius 1 is 1.11 bits per heavy atom. The second-order valence-electron chi connectivity index (χ2n) is 8.61. The number of amides is 1. The lowest BCUT2D eigenvalue weighted by Gasteiger charge is -2.37. The van der Waals surface area contributed by atoms with E-state index in [-0.39, 0.29) is 27.8 Å². The third-order valence-electron chi connectivity index (χ3n) is 5.98. The van der Waals surface area contributed by atoms with E-state index in [0.29, 0.717) is 24.0 Å². The molecule has 0 aliphatic carbocycles. The van der Waals surface area contributed by atoms with E-state index in [1.54, 1.807) is 6.07 Å². The molecule has 3 N–H and O–H groups in total. The van der Waals surface area contributed by atoms with Crippen LogP contribution in [0.5, 0.6) is 5.75 Å². The molecular formula is C25H19ClF2N2O4S2. The van der Waals surface area contributed by atoms with Gasteiger partial charge >= 0.3 is 0 Å². The Balaban J connectivity index is 1.52. The number of rotatable bonds is 5. The molecule has 6 nitrogen and oxygen atoms in total. The number of thiophene rings is 1. The maximum absolute atomic E-state index is 14.7. The molecule has 11 heteroatoms. The zero-order valence-electron chi connectivity index (χ0n) is 18.5. The van der Waals surface area contributed by atoms with E-state index < -0.39 is 43.8 Å². The van der Waals surface area contributed by atoms with Gasteiger partial charge in [0.2, 0.25) is 0 Å². The fourth-order valence-corrected chi connectivity index (χ4v) is 6.94. The number of fused-ring (bicyclic) bond motifs is 1. The van der Waals surface area contributed by atoms with Crippen LogP contribution in [0.15, 0.2) is 59.5 Å². The number of phenolic OH excluding ortho intramolecular Hbond substituents is 1. The summed E-state index contributed by atoms with van der Waals surface area (Å²) < 4.78 is 56.8. The smallest absolute Gasteiger partial charge is 0.254 e. The zero-order chi connectivity index (χ0) is 25.8. The average molecular weight is 549 g/mol. The second kappa shape index (κ2) is 9.11. The van der Waals surface area contributed by atoms with Gasteiger partial charge in [-0.25, -0.2) is 17.2 Å². The Hall–Kier alpha value is -3.05. The van der Waals surface area contributed by atoms with Crippen molar-refractivity contribution in [1.29, 1.82) is 0 Å². The normalized spacial score (nSPS) is 14.3. The number of carbonyl (C=O) groups excluding carboxylic acids is 1. The molecule has 0 atom stereocenters. The molecule has 5 rings (SSSR count). The minimum atomic E-state index is -4.40. The van der Waals surface area contributed by atoms with Crippen LogP contribution >= 0.6 is 22.9 Å². The van der Waals surface area contributed by atoms with Gasteiger partial charge in [-0.05, 0) is 35.7 Å². The molecule has 36 heavy (non-hydrogen) atoms. The van der Waals surface area contributed by atoms with Crippen molar-refractivity contribution in [2.45, 2.75) is 16.7 Å². The number of halogens is 3. The zero-order valence-corrected chi connectivity index (χ0v) is 20.9. The third-order valence-corrected chi connectivity index (χ3v) is 9.09. The van der Waals surface area contributed by atoms with Crippen molar-refractivity contribution < 1.29 is 27.1 Å². The second-order valence-corrected chi connectivity index (χ2v) is 12.1. The number of nitrogens with two attached hydrogens (primary N) is 1. The summed E-state index contributed by atoms with van der Waals surface area (Å²) >= 11 is 7.32. The predicted molar refractivity (Wildman–Crippen MR) is 135 cm³/mol. The molecule has 3 aromatic carbocycles. The van der Waals surface area contributed by atoms with Crippen LogP contribution < -0.4 is 5.73 Å². The van der Waals surface area contributed by atoms with Crippen LogP contribution in [-0.4, -0.2) is 43.5 Å². The molecule has 186 valence electrons. The van der Waals surface area contributed by atoms with Crippen LogP contribution in [0, 0.1) is 11.6 Å². The fourth-order valence-electron chi connectivity index (χ4n) is 4.09. The first-order valence-electron chi connectivity index (χ1n) is 10.8. The Bertz CT molecular complexity index is 1600. The van der Waals surface area contributed by atoms with Crippen molar-refractivity contribution in [3.63, 3.8) is 0 Å². The van der Waals surface area contributed by atoms with Gasteiger partial charge in [0.05, 0.1) is 10.8 Å². The third kappa shape index (κ3) is 4.45. The molecule has 0 unspecified atom stereocenters. The molecule has 0 spiro atoms. The molecule has 1 aromatic heterocycles. The summed E-state index contributed by atoms with van der Waals surface area (Å²) in [5.41, 5.74) is 5.43. The number of carbonyl (C=O) groups is 1. The highest BCUT2D eigenvalue weighted by Crippen LogP contribution is 2.38. The van der Waals surface area contributed by atoms with Crippen LogP contribution in [0.4, 0.5) is 8.78 Å². The van der Waals surface area contributed by atoms with Gasteiger partial charge in [0.15, 0.2) is 15.6 Å². The number of sulfone groups is 1. The van der Waals surface area contributed by atoms with Gasteiger partial charge < -0.3 is 15.7 Å². The number of phenols is 1. The fraction of sp³-hybridized carbons (Fsp3) is 0.160. The lowest BCUT2D eigenvalue weighted by Crippen LogP contribution is -2.57. The summed E-state index contributed by atoms with van der Waals surface area (Å²) in [5, 5.41) is 10.9. The van der Waals surface area contributed by atoms with Gasteiger partial charge in [-0.2, -0.15) is 0 Å². The summed E-state index contributed by atoms with van der Waals surface area (Å²) in [6, 6.07) is 13.0. The Kier molecular flexibility index (Phi) is 6.24. The van der Waals surface area contributed by atoms with E-state index >= 15 is 0 Å². The van der Waals surface area contributed by atoms with E-state index in [2.05, 4.69) is 0 Å². The highest BCUT2D eigenvalue weighted by Gasteiger charge is 2.31. The molecule has 0 bridgehead atoms. The minimum absolute atomic E-state index is 0.0474. The standard InChI is InChI=1S/C25H19ClF2N2O4S2/c26-18-6-14(25(32)30-10-16(29)11-30)8-23(24(18)31)36(33,34)12-15-5-17(20(28)9-19(15)27)22-7-13-3-1-2-4-21(13)35-22/h1-9,16,31H,10-12,29H2. The number of aromatic hydroxyl groups is 1. The van der Waals surface area contributed by atoms with Gasteiger partial charge in [-0.15, -0.1) is 11.3 Å². The predicted octanol–water partition coefficient (Wildman–Crippen LogP) is 4.96. The Morgan fingerprint density at radius 3 is 2.53 bits per heavy atom. The van der Waals surface area contributed by atoms with Crippen molar-refractivity contribution in [1.82, 2.24) is 4.90 Å². The topological polar surface area (TPSA) is 101 Å². The summed E-state index contributed by atoms with van der Waals surface area (Å²) in [6.07, 6.45) is 0. The number of nitrogens with zero attached hydrogens (tertiary/aromatic N) is 1. The number of likely N-dealkylation sites (tertiary alicyclic amines) is 1. The molecule has 1 saturated heterocycles. The molecular weight excluding hydrogens is 530 g/mol. The summed E-state index contributed by atoms with van der Waals surface area (Å²) in [5.74, 6) is -4.00. The number of benzene rings is 3. The molecule has 1 aliphatic heterocycles.